The van der Waals surface area contributed by atoms with E-state index in [0.29, 0.717) is 19.5 Å². The molecule has 4 heteroatoms. The second-order valence-electron chi connectivity index (χ2n) is 4.12. The van der Waals surface area contributed by atoms with Gasteiger partial charge in [-0.3, -0.25) is 9.69 Å². The molecule has 0 aliphatic heterocycles. The largest absolute Gasteiger partial charge is 0.481 e. The molecule has 1 rings (SSSR count). The van der Waals surface area contributed by atoms with E-state index in [-0.39, 0.29) is 6.42 Å². The highest BCUT2D eigenvalue weighted by Gasteiger charge is 2.09. The van der Waals surface area contributed by atoms with E-state index in [1.54, 1.807) is 0 Å². The number of carboxylic acids is 1. The van der Waals surface area contributed by atoms with Gasteiger partial charge in [0.2, 0.25) is 0 Å². The van der Waals surface area contributed by atoms with E-state index >= 15 is 0 Å². The van der Waals surface area contributed by atoms with Crippen molar-refractivity contribution in [1.29, 1.82) is 5.26 Å². The van der Waals surface area contributed by atoms with Crippen LogP contribution in [-0.2, 0) is 17.8 Å². The van der Waals surface area contributed by atoms with E-state index < -0.39 is 5.97 Å². The molecule has 0 bridgehead atoms. The predicted octanol–water partition coefficient (Wildman–Crippen LogP) is 2.05. The van der Waals surface area contributed by atoms with Crippen molar-refractivity contribution in [2.45, 2.75) is 26.3 Å². The van der Waals surface area contributed by atoms with Crippen LogP contribution in [0.4, 0.5) is 0 Å². The summed E-state index contributed by atoms with van der Waals surface area (Å²) in [5.41, 5.74) is 1.88. The molecule has 0 aliphatic rings. The van der Waals surface area contributed by atoms with Crippen molar-refractivity contribution in [2.75, 3.05) is 13.1 Å². The van der Waals surface area contributed by atoms with Crippen molar-refractivity contribution in [3.05, 3.63) is 35.4 Å². The number of hydrogen-bond donors (Lipinski definition) is 1. The van der Waals surface area contributed by atoms with Crippen LogP contribution in [0, 0.1) is 11.3 Å². The zero-order chi connectivity index (χ0) is 13.4. The quantitative estimate of drug-likeness (QED) is 0.799. The van der Waals surface area contributed by atoms with Crippen LogP contribution in [0.2, 0.25) is 0 Å². The monoisotopic (exact) mass is 246 g/mol. The maximum Gasteiger partial charge on any atom is 0.307 e. The zero-order valence-electron chi connectivity index (χ0n) is 10.6. The number of carboxylic acid groups (broad SMARTS) is 1. The van der Waals surface area contributed by atoms with Crippen molar-refractivity contribution < 1.29 is 9.90 Å². The number of hydrogen-bond acceptors (Lipinski definition) is 3. The Kier molecular flexibility index (Phi) is 5.89. The number of nitrogens with zero attached hydrogens (tertiary/aromatic N) is 2. The van der Waals surface area contributed by atoms with E-state index in [9.17, 15) is 4.79 Å². The smallest absolute Gasteiger partial charge is 0.307 e. The lowest BCUT2D eigenvalue weighted by Crippen LogP contribution is -2.24. The first-order valence-corrected chi connectivity index (χ1v) is 6.05. The summed E-state index contributed by atoms with van der Waals surface area (Å²) in [6.07, 6.45) is 0.543. The number of aliphatic carboxylic acids is 1. The Hall–Kier alpha value is -1.86. The third-order valence-corrected chi connectivity index (χ3v) is 2.84. The second kappa shape index (κ2) is 7.46. The molecule has 0 saturated heterocycles. The maximum atomic E-state index is 10.8. The van der Waals surface area contributed by atoms with Gasteiger partial charge in [-0.15, -0.1) is 0 Å². The summed E-state index contributed by atoms with van der Waals surface area (Å²) in [7, 11) is 0. The molecule has 0 atom stereocenters. The summed E-state index contributed by atoms with van der Waals surface area (Å²) in [5.74, 6) is -0.817. The van der Waals surface area contributed by atoms with Gasteiger partial charge in [-0.25, -0.2) is 0 Å². The number of benzene rings is 1. The SMILES string of the molecule is CCN(CCC#N)Cc1ccccc1CC(=O)O. The van der Waals surface area contributed by atoms with Gasteiger partial charge < -0.3 is 5.11 Å². The first-order valence-electron chi connectivity index (χ1n) is 6.05. The Morgan fingerprint density at radius 3 is 2.61 bits per heavy atom. The Labute approximate surface area is 107 Å². The molecule has 0 spiro atoms. The standard InChI is InChI=1S/C14H18N2O2/c1-2-16(9-5-8-15)11-13-7-4-3-6-12(13)10-14(17)18/h3-4,6-7H,2,5,9-11H2,1H3,(H,17,18). The van der Waals surface area contributed by atoms with Crippen LogP contribution in [0.3, 0.4) is 0 Å². The van der Waals surface area contributed by atoms with Crippen molar-refractivity contribution in [3.63, 3.8) is 0 Å². The van der Waals surface area contributed by atoms with Crippen LogP contribution in [-0.4, -0.2) is 29.1 Å². The van der Waals surface area contributed by atoms with Gasteiger partial charge in [-0.05, 0) is 17.7 Å². The Balaban J connectivity index is 2.75. The van der Waals surface area contributed by atoms with E-state index in [4.69, 9.17) is 10.4 Å². The van der Waals surface area contributed by atoms with Gasteiger partial charge >= 0.3 is 5.97 Å². The molecule has 1 aromatic rings. The summed E-state index contributed by atoms with van der Waals surface area (Å²) in [6, 6.07) is 9.70. The van der Waals surface area contributed by atoms with E-state index in [1.807, 2.05) is 31.2 Å². The van der Waals surface area contributed by atoms with Crippen LogP contribution in [0.25, 0.3) is 0 Å². The Morgan fingerprint density at radius 1 is 1.39 bits per heavy atom. The van der Waals surface area contributed by atoms with Crippen molar-refractivity contribution in [3.8, 4) is 6.07 Å². The Bertz CT molecular complexity index is 438. The first kappa shape index (κ1) is 14.2. The van der Waals surface area contributed by atoms with Crippen molar-refractivity contribution in [1.82, 2.24) is 4.90 Å². The third-order valence-electron chi connectivity index (χ3n) is 2.84. The lowest BCUT2D eigenvalue weighted by molar-refractivity contribution is -0.136. The minimum Gasteiger partial charge on any atom is -0.481 e. The normalized spacial score (nSPS) is 10.3. The summed E-state index contributed by atoms with van der Waals surface area (Å²) in [5, 5.41) is 17.5. The fraction of sp³-hybridized carbons (Fsp3) is 0.429. The van der Waals surface area contributed by atoms with Crippen LogP contribution >= 0.6 is 0 Å². The lowest BCUT2D eigenvalue weighted by Gasteiger charge is -2.20. The minimum atomic E-state index is -0.817. The van der Waals surface area contributed by atoms with Gasteiger partial charge in [0, 0.05) is 19.5 Å². The number of rotatable bonds is 7. The van der Waals surface area contributed by atoms with E-state index in [0.717, 1.165) is 17.7 Å². The lowest BCUT2D eigenvalue weighted by atomic mass is 10.0. The summed E-state index contributed by atoms with van der Waals surface area (Å²) in [6.45, 7) is 4.30. The predicted molar refractivity (Wildman–Crippen MR) is 69.0 cm³/mol. The molecule has 0 amide bonds. The van der Waals surface area contributed by atoms with Crippen molar-refractivity contribution in [2.24, 2.45) is 0 Å². The molecule has 0 saturated carbocycles. The molecule has 0 aliphatic carbocycles. The second-order valence-corrected chi connectivity index (χ2v) is 4.12. The van der Waals surface area contributed by atoms with Gasteiger partial charge in [0.1, 0.15) is 0 Å². The third kappa shape index (κ3) is 4.56. The van der Waals surface area contributed by atoms with E-state index in [1.165, 1.54) is 0 Å². The van der Waals surface area contributed by atoms with Gasteiger partial charge in [0.15, 0.2) is 0 Å². The van der Waals surface area contributed by atoms with Crippen LogP contribution in [0.15, 0.2) is 24.3 Å². The van der Waals surface area contributed by atoms with Crippen LogP contribution < -0.4 is 0 Å². The molecular formula is C14H18N2O2. The van der Waals surface area contributed by atoms with Gasteiger partial charge in [-0.2, -0.15) is 5.26 Å². The first-order chi connectivity index (χ1) is 8.67. The number of carbonyl (C=O) groups is 1. The van der Waals surface area contributed by atoms with Gasteiger partial charge in [0.05, 0.1) is 12.5 Å². The summed E-state index contributed by atoms with van der Waals surface area (Å²) in [4.78, 5) is 12.9. The highest BCUT2D eigenvalue weighted by atomic mass is 16.4. The van der Waals surface area contributed by atoms with Crippen LogP contribution in [0.5, 0.6) is 0 Å². The molecule has 4 nitrogen and oxygen atoms in total. The molecule has 0 radical (unpaired) electrons. The Morgan fingerprint density at radius 2 is 2.06 bits per heavy atom. The highest BCUT2D eigenvalue weighted by molar-refractivity contribution is 5.70. The average Bonchev–Trinajstić information content (AvgIpc) is 2.35. The molecule has 1 aromatic carbocycles. The molecular weight excluding hydrogens is 228 g/mol. The minimum absolute atomic E-state index is 0.0476. The molecule has 18 heavy (non-hydrogen) atoms. The summed E-state index contributed by atoms with van der Waals surface area (Å²) < 4.78 is 0. The fourth-order valence-corrected chi connectivity index (χ4v) is 1.85. The average molecular weight is 246 g/mol. The van der Waals surface area contributed by atoms with Crippen molar-refractivity contribution >= 4 is 5.97 Å². The van der Waals surface area contributed by atoms with Gasteiger partial charge in [-0.1, -0.05) is 31.2 Å². The molecule has 96 valence electrons. The maximum absolute atomic E-state index is 10.8. The van der Waals surface area contributed by atoms with Crippen LogP contribution in [0.1, 0.15) is 24.5 Å². The molecule has 0 heterocycles. The molecule has 0 fully saturated rings. The molecule has 1 N–H and O–H groups in total. The summed E-state index contributed by atoms with van der Waals surface area (Å²) >= 11 is 0. The molecule has 0 unspecified atom stereocenters. The van der Waals surface area contributed by atoms with E-state index in [2.05, 4.69) is 11.0 Å². The fourth-order valence-electron chi connectivity index (χ4n) is 1.85. The highest BCUT2D eigenvalue weighted by Crippen LogP contribution is 2.12. The zero-order valence-corrected chi connectivity index (χ0v) is 10.6. The molecule has 0 aromatic heterocycles. The van der Waals surface area contributed by atoms with Gasteiger partial charge in [0.25, 0.3) is 0 Å². The topological polar surface area (TPSA) is 64.3 Å². The number of nitriles is 1.